The first-order valence-electron chi connectivity index (χ1n) is 10.6. The fourth-order valence-corrected chi connectivity index (χ4v) is 3.03. The number of esters is 1. The third-order valence-corrected chi connectivity index (χ3v) is 4.67. The van der Waals surface area contributed by atoms with Crippen LogP contribution < -0.4 is 5.32 Å². The van der Waals surface area contributed by atoms with Gasteiger partial charge in [0.2, 0.25) is 0 Å². The van der Waals surface area contributed by atoms with Crippen LogP contribution in [0.4, 0.5) is 0 Å². The summed E-state index contributed by atoms with van der Waals surface area (Å²) in [5, 5.41) is 3.17. The van der Waals surface area contributed by atoms with Crippen LogP contribution in [0.5, 0.6) is 0 Å². The molecular weight excluding hydrogens is 298 g/mol. The quantitative estimate of drug-likeness (QED) is 0.250. The fourth-order valence-electron chi connectivity index (χ4n) is 3.03. The first-order chi connectivity index (χ1) is 11.7. The van der Waals surface area contributed by atoms with Crippen molar-refractivity contribution in [2.24, 2.45) is 5.92 Å². The van der Waals surface area contributed by atoms with Crippen molar-refractivity contribution in [1.82, 2.24) is 5.32 Å². The summed E-state index contributed by atoms with van der Waals surface area (Å²) in [7, 11) is 0. The van der Waals surface area contributed by atoms with E-state index in [2.05, 4.69) is 26.1 Å². The average Bonchev–Trinajstić information content (AvgIpc) is 2.59. The highest BCUT2D eigenvalue weighted by Gasteiger charge is 2.12. The number of ether oxygens (including phenoxy) is 1. The van der Waals surface area contributed by atoms with Crippen molar-refractivity contribution in [3.8, 4) is 0 Å². The molecule has 0 aliphatic heterocycles. The normalized spacial score (nSPS) is 12.3. The third-order valence-electron chi connectivity index (χ3n) is 4.67. The second kappa shape index (κ2) is 18.8. The Morgan fingerprint density at radius 3 is 1.96 bits per heavy atom. The van der Waals surface area contributed by atoms with Gasteiger partial charge in [-0.1, -0.05) is 85.0 Å². The van der Waals surface area contributed by atoms with Gasteiger partial charge in [0.05, 0.1) is 13.0 Å². The summed E-state index contributed by atoms with van der Waals surface area (Å²) in [6.45, 7) is 8.83. The van der Waals surface area contributed by atoms with E-state index >= 15 is 0 Å². The smallest absolute Gasteiger partial charge is 0.307 e. The summed E-state index contributed by atoms with van der Waals surface area (Å²) < 4.78 is 5.52. The fraction of sp³-hybridized carbons (Fsp3) is 0.952. The van der Waals surface area contributed by atoms with E-state index < -0.39 is 0 Å². The van der Waals surface area contributed by atoms with Crippen LogP contribution in [-0.2, 0) is 9.53 Å². The Hall–Kier alpha value is -0.570. The lowest BCUT2D eigenvalue weighted by molar-refractivity contribution is -0.145. The van der Waals surface area contributed by atoms with Crippen LogP contribution in [0.3, 0.4) is 0 Å². The summed E-state index contributed by atoms with van der Waals surface area (Å²) >= 11 is 0. The van der Waals surface area contributed by atoms with Crippen molar-refractivity contribution < 1.29 is 9.53 Å². The third kappa shape index (κ3) is 16.3. The molecular formula is C21H43NO2. The van der Waals surface area contributed by atoms with Gasteiger partial charge < -0.3 is 10.1 Å². The second-order valence-corrected chi connectivity index (χ2v) is 7.06. The summed E-state index contributed by atoms with van der Waals surface area (Å²) in [6.07, 6.45) is 16.2. The van der Waals surface area contributed by atoms with Crippen molar-refractivity contribution in [1.29, 1.82) is 0 Å². The molecule has 0 spiro atoms. The Balaban J connectivity index is 3.91. The Morgan fingerprint density at radius 2 is 1.38 bits per heavy atom. The molecule has 1 atom stereocenters. The Morgan fingerprint density at radius 1 is 0.833 bits per heavy atom. The number of rotatable bonds is 18. The first kappa shape index (κ1) is 23.4. The molecule has 0 fully saturated rings. The molecule has 0 rings (SSSR count). The molecule has 0 aromatic carbocycles. The molecule has 1 unspecified atom stereocenters. The molecule has 0 aromatic rings. The van der Waals surface area contributed by atoms with E-state index in [4.69, 9.17) is 4.74 Å². The lowest BCUT2D eigenvalue weighted by Crippen LogP contribution is -2.20. The van der Waals surface area contributed by atoms with Crippen molar-refractivity contribution in [3.05, 3.63) is 0 Å². The van der Waals surface area contributed by atoms with Crippen LogP contribution in [0.25, 0.3) is 0 Å². The van der Waals surface area contributed by atoms with Gasteiger partial charge in [-0.3, -0.25) is 4.79 Å². The topological polar surface area (TPSA) is 38.3 Å². The van der Waals surface area contributed by atoms with E-state index in [0.29, 0.717) is 18.9 Å². The molecule has 0 heterocycles. The number of carbonyl (C=O) groups is 1. The first-order valence-corrected chi connectivity index (χ1v) is 10.6. The van der Waals surface area contributed by atoms with E-state index in [1.165, 1.54) is 77.0 Å². The van der Waals surface area contributed by atoms with Crippen LogP contribution in [0, 0.1) is 5.92 Å². The zero-order chi connectivity index (χ0) is 17.9. The van der Waals surface area contributed by atoms with E-state index in [-0.39, 0.29) is 5.97 Å². The van der Waals surface area contributed by atoms with E-state index in [1.807, 2.05) is 0 Å². The molecule has 0 amide bonds. The maximum atomic E-state index is 11.8. The van der Waals surface area contributed by atoms with Gasteiger partial charge in [0.1, 0.15) is 0 Å². The van der Waals surface area contributed by atoms with E-state index in [0.717, 1.165) is 13.1 Å². The predicted molar refractivity (Wildman–Crippen MR) is 104 cm³/mol. The summed E-state index contributed by atoms with van der Waals surface area (Å²) in [6, 6.07) is 0. The van der Waals surface area contributed by atoms with Gasteiger partial charge in [-0.25, -0.2) is 0 Å². The largest absolute Gasteiger partial charge is 0.465 e. The molecule has 0 saturated heterocycles. The average molecular weight is 342 g/mol. The molecule has 0 aliphatic carbocycles. The van der Waals surface area contributed by atoms with Crippen molar-refractivity contribution >= 4 is 5.97 Å². The maximum absolute atomic E-state index is 11.8. The molecule has 1 N–H and O–H groups in total. The zero-order valence-corrected chi connectivity index (χ0v) is 16.7. The molecule has 3 heteroatoms. The predicted octanol–water partition coefficient (Wildman–Crippen LogP) is 5.87. The van der Waals surface area contributed by atoms with Gasteiger partial charge in [0.15, 0.2) is 0 Å². The summed E-state index contributed by atoms with van der Waals surface area (Å²) in [4.78, 5) is 11.8. The van der Waals surface area contributed by atoms with Crippen LogP contribution in [0.15, 0.2) is 0 Å². The molecule has 0 radical (unpaired) electrons. The van der Waals surface area contributed by atoms with Gasteiger partial charge >= 0.3 is 5.97 Å². The van der Waals surface area contributed by atoms with E-state index in [1.54, 1.807) is 0 Å². The number of unbranched alkanes of at least 4 members (excludes halogenated alkanes) is 8. The Labute approximate surface area is 151 Å². The maximum Gasteiger partial charge on any atom is 0.307 e. The van der Waals surface area contributed by atoms with Crippen molar-refractivity contribution in [2.45, 2.75) is 104 Å². The monoisotopic (exact) mass is 341 g/mol. The molecule has 0 saturated carbocycles. The highest BCUT2D eigenvalue weighted by molar-refractivity contribution is 5.69. The lowest BCUT2D eigenvalue weighted by Gasteiger charge is -2.17. The second-order valence-electron chi connectivity index (χ2n) is 7.06. The minimum absolute atomic E-state index is 0.0440. The lowest BCUT2D eigenvalue weighted by atomic mass is 9.95. The minimum atomic E-state index is -0.0440. The van der Waals surface area contributed by atoms with Crippen LogP contribution in [0.2, 0.25) is 0 Å². The molecule has 0 aromatic heterocycles. The van der Waals surface area contributed by atoms with Gasteiger partial charge in [0, 0.05) is 6.54 Å². The number of hydrogen-bond donors (Lipinski definition) is 1. The highest BCUT2D eigenvalue weighted by Crippen LogP contribution is 2.19. The van der Waals surface area contributed by atoms with Gasteiger partial charge in [0.25, 0.3) is 0 Å². The van der Waals surface area contributed by atoms with Crippen LogP contribution >= 0.6 is 0 Å². The summed E-state index contributed by atoms with van der Waals surface area (Å²) in [5.41, 5.74) is 0. The molecule has 144 valence electrons. The van der Waals surface area contributed by atoms with Crippen molar-refractivity contribution in [3.63, 3.8) is 0 Å². The zero-order valence-electron chi connectivity index (χ0n) is 16.7. The number of hydrogen-bond acceptors (Lipinski definition) is 3. The molecule has 0 bridgehead atoms. The van der Waals surface area contributed by atoms with Gasteiger partial charge in [-0.15, -0.1) is 0 Å². The number of nitrogens with one attached hydrogen (secondary N) is 1. The van der Waals surface area contributed by atoms with E-state index in [9.17, 15) is 4.79 Å². The standard InChI is InChI=1S/C21H43NO2/c1-4-7-9-11-12-14-16-20(15-13-10-8-5-2)19-24-21(23)17-18-22-6-3/h20,22H,4-19H2,1-3H3. The number of carbonyl (C=O) groups excluding carboxylic acids is 1. The summed E-state index contributed by atoms with van der Waals surface area (Å²) in [5.74, 6) is 0.522. The minimum Gasteiger partial charge on any atom is -0.465 e. The molecule has 3 nitrogen and oxygen atoms in total. The highest BCUT2D eigenvalue weighted by atomic mass is 16.5. The van der Waals surface area contributed by atoms with Gasteiger partial charge in [-0.2, -0.15) is 0 Å². The molecule has 24 heavy (non-hydrogen) atoms. The van der Waals surface area contributed by atoms with Crippen LogP contribution in [-0.4, -0.2) is 25.7 Å². The molecule has 0 aliphatic rings. The van der Waals surface area contributed by atoms with Gasteiger partial charge in [-0.05, 0) is 25.3 Å². The SMILES string of the molecule is CCCCCCCCC(CCCCCC)COC(=O)CCNCC. The Kier molecular flexibility index (Phi) is 18.3. The Bertz CT molecular complexity index is 269. The van der Waals surface area contributed by atoms with Crippen LogP contribution in [0.1, 0.15) is 104 Å². The van der Waals surface area contributed by atoms with Crippen molar-refractivity contribution in [2.75, 3.05) is 19.7 Å².